The van der Waals surface area contributed by atoms with Gasteiger partial charge >= 0.3 is 0 Å². The van der Waals surface area contributed by atoms with Crippen LogP contribution in [0.3, 0.4) is 0 Å². The van der Waals surface area contributed by atoms with Crippen LogP contribution in [0.15, 0.2) is 36.4 Å². The molecule has 0 saturated carbocycles. The van der Waals surface area contributed by atoms with Crippen LogP contribution in [0.4, 0.5) is 4.39 Å². The Hall–Kier alpha value is -1.36. The van der Waals surface area contributed by atoms with Crippen molar-refractivity contribution in [3.05, 3.63) is 42.0 Å². The van der Waals surface area contributed by atoms with Gasteiger partial charge in [0.25, 0.3) is 0 Å². The molecule has 1 fully saturated rings. The third kappa shape index (κ3) is 4.00. The van der Waals surface area contributed by atoms with Crippen LogP contribution < -0.4 is 10.1 Å². The molecule has 1 aliphatic rings. The third-order valence-electron chi connectivity index (χ3n) is 4.54. The van der Waals surface area contributed by atoms with E-state index in [1.54, 1.807) is 0 Å². The van der Waals surface area contributed by atoms with Crippen molar-refractivity contribution in [1.29, 1.82) is 0 Å². The van der Waals surface area contributed by atoms with Gasteiger partial charge in [-0.2, -0.15) is 0 Å². The van der Waals surface area contributed by atoms with Gasteiger partial charge in [-0.25, -0.2) is 0 Å². The zero-order valence-electron chi connectivity index (χ0n) is 14.1. The molecule has 1 N–H and O–H groups in total. The van der Waals surface area contributed by atoms with Crippen molar-refractivity contribution >= 4 is 23.2 Å². The van der Waals surface area contributed by atoms with Crippen LogP contribution in [-0.2, 0) is 0 Å². The number of hydrogen-bond donors (Lipinski definition) is 1. The first-order chi connectivity index (χ1) is 11.3. The molecule has 0 spiro atoms. The highest BCUT2D eigenvalue weighted by molar-refractivity contribution is 5.88. The number of fused-ring (bicyclic) bond motifs is 1. The van der Waals surface area contributed by atoms with E-state index in [0.29, 0.717) is 13.0 Å². The molecule has 1 atom stereocenters. The molecular formula is C19H26ClFN2O. The molecular weight excluding hydrogens is 327 g/mol. The summed E-state index contributed by atoms with van der Waals surface area (Å²) in [6, 6.07) is 12.5. The van der Waals surface area contributed by atoms with Gasteiger partial charge in [0.05, 0.1) is 13.3 Å². The van der Waals surface area contributed by atoms with E-state index in [-0.39, 0.29) is 25.1 Å². The molecule has 3 nitrogen and oxygen atoms in total. The Balaban J connectivity index is 0.00000208. The maximum absolute atomic E-state index is 13.3. The van der Waals surface area contributed by atoms with E-state index >= 15 is 0 Å². The highest BCUT2D eigenvalue weighted by atomic mass is 35.5. The molecule has 0 unspecified atom stereocenters. The maximum atomic E-state index is 13.3. The summed E-state index contributed by atoms with van der Waals surface area (Å²) in [7, 11) is 0. The Kier molecular flexibility index (Phi) is 7.28. The zero-order valence-corrected chi connectivity index (χ0v) is 14.9. The zero-order chi connectivity index (χ0) is 16.1. The molecule has 2 aromatic carbocycles. The predicted octanol–water partition coefficient (Wildman–Crippen LogP) is 3.97. The number of piperazine rings is 1. The topological polar surface area (TPSA) is 24.5 Å². The molecule has 0 radical (unpaired) electrons. The Bertz CT molecular complexity index is 646. The van der Waals surface area contributed by atoms with Crippen LogP contribution in [-0.4, -0.2) is 44.4 Å². The molecule has 0 bridgehead atoms. The smallest absolute Gasteiger partial charge is 0.124 e. The number of ether oxygens (including phenoxy) is 1. The molecule has 0 aliphatic carbocycles. The van der Waals surface area contributed by atoms with Crippen LogP contribution in [0.1, 0.15) is 24.9 Å². The predicted molar refractivity (Wildman–Crippen MR) is 100 cm³/mol. The fourth-order valence-electron chi connectivity index (χ4n) is 3.51. The normalized spacial score (nSPS) is 16.6. The number of hydrogen-bond acceptors (Lipinski definition) is 3. The second kappa shape index (κ2) is 9.21. The summed E-state index contributed by atoms with van der Waals surface area (Å²) < 4.78 is 19.2. The van der Waals surface area contributed by atoms with Crippen LogP contribution >= 0.6 is 12.4 Å². The summed E-state index contributed by atoms with van der Waals surface area (Å²) >= 11 is 0. The SMILES string of the molecule is CCOc1ccc2ccccc2c1[C@@H](CCF)N1CCNCC1.Cl. The van der Waals surface area contributed by atoms with Crippen molar-refractivity contribution in [1.82, 2.24) is 10.2 Å². The first kappa shape index (κ1) is 19.0. The van der Waals surface area contributed by atoms with Gasteiger partial charge in [0.15, 0.2) is 0 Å². The van der Waals surface area contributed by atoms with E-state index in [9.17, 15) is 4.39 Å². The van der Waals surface area contributed by atoms with Crippen LogP contribution in [0, 0.1) is 0 Å². The fraction of sp³-hybridized carbons (Fsp3) is 0.474. The van der Waals surface area contributed by atoms with Gasteiger partial charge < -0.3 is 10.1 Å². The van der Waals surface area contributed by atoms with Gasteiger partial charge in [-0.3, -0.25) is 9.29 Å². The van der Waals surface area contributed by atoms with E-state index in [1.165, 1.54) is 10.8 Å². The molecule has 1 aliphatic heterocycles. The lowest BCUT2D eigenvalue weighted by atomic mass is 9.94. The molecule has 132 valence electrons. The van der Waals surface area contributed by atoms with E-state index < -0.39 is 0 Å². The van der Waals surface area contributed by atoms with Gasteiger partial charge in [-0.1, -0.05) is 30.3 Å². The molecule has 0 aromatic heterocycles. The summed E-state index contributed by atoms with van der Waals surface area (Å²) in [4.78, 5) is 2.39. The summed E-state index contributed by atoms with van der Waals surface area (Å²) in [5.74, 6) is 0.892. The number of alkyl halides is 1. The number of rotatable bonds is 6. The number of halogens is 2. The molecule has 0 amide bonds. The summed E-state index contributed by atoms with van der Waals surface area (Å²) in [5, 5.41) is 5.73. The largest absolute Gasteiger partial charge is 0.494 e. The number of nitrogens with one attached hydrogen (secondary N) is 1. The monoisotopic (exact) mass is 352 g/mol. The van der Waals surface area contributed by atoms with Crippen molar-refractivity contribution in [2.24, 2.45) is 0 Å². The average molecular weight is 353 g/mol. The minimum Gasteiger partial charge on any atom is -0.494 e. The Morgan fingerprint density at radius 1 is 1.17 bits per heavy atom. The summed E-state index contributed by atoms with van der Waals surface area (Å²) in [6.07, 6.45) is 0.508. The lowest BCUT2D eigenvalue weighted by Crippen LogP contribution is -2.45. The molecule has 5 heteroatoms. The van der Waals surface area contributed by atoms with Crippen molar-refractivity contribution in [2.45, 2.75) is 19.4 Å². The van der Waals surface area contributed by atoms with Crippen molar-refractivity contribution < 1.29 is 9.13 Å². The van der Waals surface area contributed by atoms with Crippen LogP contribution in [0.25, 0.3) is 10.8 Å². The number of benzene rings is 2. The maximum Gasteiger partial charge on any atom is 0.124 e. The third-order valence-corrected chi connectivity index (χ3v) is 4.54. The standard InChI is InChI=1S/C19H25FN2O.ClH/c1-2-23-18-8-7-15-5-3-4-6-16(15)19(18)17(9-10-20)22-13-11-21-12-14-22;/h3-8,17,21H,2,9-14H2,1H3;1H/t17-;/m1./s1. The van der Waals surface area contributed by atoms with Gasteiger partial charge in [-0.05, 0) is 30.2 Å². The minimum atomic E-state index is -0.316. The van der Waals surface area contributed by atoms with Gasteiger partial charge in [0.1, 0.15) is 5.75 Å². The first-order valence-corrected chi connectivity index (χ1v) is 8.50. The lowest BCUT2D eigenvalue weighted by Gasteiger charge is -2.36. The van der Waals surface area contributed by atoms with Crippen LogP contribution in [0.2, 0.25) is 0 Å². The lowest BCUT2D eigenvalue weighted by molar-refractivity contribution is 0.155. The van der Waals surface area contributed by atoms with Crippen molar-refractivity contribution in [2.75, 3.05) is 39.5 Å². The van der Waals surface area contributed by atoms with Gasteiger partial charge in [-0.15, -0.1) is 12.4 Å². The van der Waals surface area contributed by atoms with Crippen molar-refractivity contribution in [3.63, 3.8) is 0 Å². The Labute approximate surface area is 149 Å². The quantitative estimate of drug-likeness (QED) is 0.851. The molecule has 1 heterocycles. The van der Waals surface area contributed by atoms with E-state index in [4.69, 9.17) is 4.74 Å². The second-order valence-electron chi connectivity index (χ2n) is 5.91. The highest BCUT2D eigenvalue weighted by Gasteiger charge is 2.26. The van der Waals surface area contributed by atoms with Crippen LogP contribution in [0.5, 0.6) is 5.75 Å². The molecule has 2 aromatic rings. The summed E-state index contributed by atoms with van der Waals surface area (Å²) in [5.41, 5.74) is 1.14. The molecule has 24 heavy (non-hydrogen) atoms. The fourth-order valence-corrected chi connectivity index (χ4v) is 3.51. The van der Waals surface area contributed by atoms with Gasteiger partial charge in [0, 0.05) is 37.8 Å². The van der Waals surface area contributed by atoms with E-state index in [1.807, 2.05) is 25.1 Å². The minimum absolute atomic E-state index is 0. The molecule has 1 saturated heterocycles. The first-order valence-electron chi connectivity index (χ1n) is 8.50. The highest BCUT2D eigenvalue weighted by Crippen LogP contribution is 2.38. The van der Waals surface area contributed by atoms with E-state index in [2.05, 4.69) is 28.4 Å². The summed E-state index contributed by atoms with van der Waals surface area (Å²) in [6.45, 7) is 6.10. The van der Waals surface area contributed by atoms with Crippen molar-refractivity contribution in [3.8, 4) is 5.75 Å². The van der Waals surface area contributed by atoms with E-state index in [0.717, 1.165) is 37.5 Å². The second-order valence-corrected chi connectivity index (χ2v) is 5.91. The average Bonchev–Trinajstić information content (AvgIpc) is 2.61. The Morgan fingerprint density at radius 2 is 1.92 bits per heavy atom. The molecule has 3 rings (SSSR count). The number of nitrogens with zero attached hydrogens (tertiary/aromatic N) is 1. The Morgan fingerprint density at radius 3 is 2.62 bits per heavy atom. The van der Waals surface area contributed by atoms with Gasteiger partial charge in [0.2, 0.25) is 0 Å².